The second-order valence-corrected chi connectivity index (χ2v) is 3.13. The van der Waals surface area contributed by atoms with Crippen LogP contribution in [0.4, 0.5) is 4.39 Å². The molecule has 1 aromatic carbocycles. The van der Waals surface area contributed by atoms with Gasteiger partial charge in [-0.05, 0) is 6.07 Å². The highest BCUT2D eigenvalue weighted by molar-refractivity contribution is 9.09. The van der Waals surface area contributed by atoms with E-state index in [1.165, 1.54) is 6.07 Å². The molecule has 0 saturated carbocycles. The maximum atomic E-state index is 12.9. The van der Waals surface area contributed by atoms with Crippen molar-refractivity contribution in [3.05, 3.63) is 35.6 Å². The van der Waals surface area contributed by atoms with Crippen molar-refractivity contribution in [1.29, 1.82) is 0 Å². The lowest BCUT2D eigenvalue weighted by Crippen LogP contribution is -1.97. The van der Waals surface area contributed by atoms with Gasteiger partial charge in [0.1, 0.15) is 5.82 Å². The van der Waals surface area contributed by atoms with E-state index in [2.05, 4.69) is 15.9 Å². The van der Waals surface area contributed by atoms with Crippen LogP contribution >= 0.6 is 15.9 Å². The predicted molar refractivity (Wildman–Crippen MR) is 49.9 cm³/mol. The molecule has 0 N–H and O–H groups in total. The molecule has 0 fully saturated rings. The lowest BCUT2D eigenvalue weighted by atomic mass is 10.2. The Morgan fingerprint density at radius 1 is 1.33 bits per heavy atom. The van der Waals surface area contributed by atoms with Crippen LogP contribution in [0.1, 0.15) is 5.56 Å². The standard InChI is InChI=1S/C9H10BrFO/c10-5-6-12-7-8-3-1-2-4-9(8)11/h1-4H,5-7H2. The van der Waals surface area contributed by atoms with Crippen LogP contribution in [0.2, 0.25) is 0 Å². The molecule has 0 spiro atoms. The molecule has 0 bridgehead atoms. The normalized spacial score (nSPS) is 10.2. The maximum absolute atomic E-state index is 12.9. The van der Waals surface area contributed by atoms with Gasteiger partial charge in [-0.2, -0.15) is 0 Å². The Kier molecular flexibility index (Phi) is 4.25. The Labute approximate surface area is 79.7 Å². The fourth-order valence-corrected chi connectivity index (χ4v) is 1.08. The molecule has 1 aromatic rings. The van der Waals surface area contributed by atoms with E-state index in [4.69, 9.17) is 4.74 Å². The molecule has 0 atom stereocenters. The smallest absolute Gasteiger partial charge is 0.128 e. The highest BCUT2D eigenvalue weighted by Crippen LogP contribution is 2.07. The third-order valence-electron chi connectivity index (χ3n) is 1.44. The first-order chi connectivity index (χ1) is 5.84. The first-order valence-electron chi connectivity index (χ1n) is 3.71. The minimum Gasteiger partial charge on any atom is -0.376 e. The second-order valence-electron chi connectivity index (χ2n) is 2.33. The Bertz CT molecular complexity index is 240. The molecule has 3 heteroatoms. The maximum Gasteiger partial charge on any atom is 0.128 e. The van der Waals surface area contributed by atoms with Gasteiger partial charge in [0.15, 0.2) is 0 Å². The van der Waals surface area contributed by atoms with E-state index in [9.17, 15) is 4.39 Å². The molecule has 66 valence electrons. The summed E-state index contributed by atoms with van der Waals surface area (Å²) in [6, 6.07) is 6.63. The van der Waals surface area contributed by atoms with Crippen LogP contribution in [0.15, 0.2) is 24.3 Å². The van der Waals surface area contributed by atoms with E-state index in [-0.39, 0.29) is 5.82 Å². The topological polar surface area (TPSA) is 9.23 Å². The number of ether oxygens (including phenoxy) is 1. The van der Waals surface area contributed by atoms with E-state index >= 15 is 0 Å². The summed E-state index contributed by atoms with van der Waals surface area (Å²) in [4.78, 5) is 0. The minimum absolute atomic E-state index is 0.202. The van der Waals surface area contributed by atoms with Crippen molar-refractivity contribution in [2.75, 3.05) is 11.9 Å². The van der Waals surface area contributed by atoms with Crippen LogP contribution in [0.25, 0.3) is 0 Å². The Morgan fingerprint density at radius 3 is 2.75 bits per heavy atom. The Hall–Kier alpha value is -0.410. The van der Waals surface area contributed by atoms with Crippen molar-refractivity contribution < 1.29 is 9.13 Å². The molecule has 0 aromatic heterocycles. The molecule has 0 saturated heterocycles. The minimum atomic E-state index is -0.202. The van der Waals surface area contributed by atoms with Crippen molar-refractivity contribution in [1.82, 2.24) is 0 Å². The lowest BCUT2D eigenvalue weighted by Gasteiger charge is -2.02. The van der Waals surface area contributed by atoms with Crippen molar-refractivity contribution in [2.24, 2.45) is 0 Å². The largest absolute Gasteiger partial charge is 0.376 e. The van der Waals surface area contributed by atoms with E-state index in [0.29, 0.717) is 18.8 Å². The summed E-state index contributed by atoms with van der Waals surface area (Å²) in [5.74, 6) is -0.202. The summed E-state index contributed by atoms with van der Waals surface area (Å²) in [5.41, 5.74) is 0.610. The highest BCUT2D eigenvalue weighted by atomic mass is 79.9. The van der Waals surface area contributed by atoms with Crippen molar-refractivity contribution in [3.63, 3.8) is 0 Å². The zero-order chi connectivity index (χ0) is 8.81. The van der Waals surface area contributed by atoms with E-state index < -0.39 is 0 Å². The monoisotopic (exact) mass is 232 g/mol. The third kappa shape index (κ3) is 2.91. The van der Waals surface area contributed by atoms with Crippen LogP contribution in [0.3, 0.4) is 0 Å². The summed E-state index contributed by atoms with van der Waals surface area (Å²) in [5, 5.41) is 0.779. The van der Waals surface area contributed by atoms with E-state index in [1.54, 1.807) is 18.2 Å². The van der Waals surface area contributed by atoms with Gasteiger partial charge in [0, 0.05) is 10.9 Å². The first kappa shape index (κ1) is 9.68. The fraction of sp³-hybridized carbons (Fsp3) is 0.333. The van der Waals surface area contributed by atoms with E-state index in [0.717, 1.165) is 5.33 Å². The number of alkyl halides is 1. The molecule has 0 aliphatic carbocycles. The number of hydrogen-bond acceptors (Lipinski definition) is 1. The molecule has 12 heavy (non-hydrogen) atoms. The molecule has 1 rings (SSSR count). The number of rotatable bonds is 4. The van der Waals surface area contributed by atoms with Crippen LogP contribution in [-0.2, 0) is 11.3 Å². The average Bonchev–Trinajstić information content (AvgIpc) is 2.09. The number of halogens is 2. The Balaban J connectivity index is 2.46. The highest BCUT2D eigenvalue weighted by Gasteiger charge is 1.98. The zero-order valence-corrected chi connectivity index (χ0v) is 8.18. The van der Waals surface area contributed by atoms with Gasteiger partial charge in [-0.3, -0.25) is 0 Å². The number of benzene rings is 1. The second kappa shape index (κ2) is 5.27. The van der Waals surface area contributed by atoms with Gasteiger partial charge in [0.05, 0.1) is 13.2 Å². The predicted octanol–water partition coefficient (Wildman–Crippen LogP) is 2.74. The van der Waals surface area contributed by atoms with Crippen molar-refractivity contribution in [2.45, 2.75) is 6.61 Å². The molecule has 1 nitrogen and oxygen atoms in total. The summed E-state index contributed by atoms with van der Waals surface area (Å²) in [6.07, 6.45) is 0. The first-order valence-corrected chi connectivity index (χ1v) is 4.84. The van der Waals surface area contributed by atoms with Crippen molar-refractivity contribution >= 4 is 15.9 Å². The molecule has 0 heterocycles. The fourth-order valence-electron chi connectivity index (χ4n) is 0.852. The molecular weight excluding hydrogens is 223 g/mol. The van der Waals surface area contributed by atoms with Gasteiger partial charge >= 0.3 is 0 Å². The molecule has 0 amide bonds. The molecule has 0 aliphatic rings. The summed E-state index contributed by atoms with van der Waals surface area (Å²) < 4.78 is 18.1. The van der Waals surface area contributed by atoms with Crippen molar-refractivity contribution in [3.8, 4) is 0 Å². The summed E-state index contributed by atoms with van der Waals surface area (Å²) in [6.45, 7) is 0.951. The quantitative estimate of drug-likeness (QED) is 0.573. The van der Waals surface area contributed by atoms with Gasteiger partial charge in [0.2, 0.25) is 0 Å². The average molecular weight is 233 g/mol. The van der Waals surface area contributed by atoms with E-state index in [1.807, 2.05) is 0 Å². The lowest BCUT2D eigenvalue weighted by molar-refractivity contribution is 0.134. The summed E-state index contributed by atoms with van der Waals surface area (Å²) >= 11 is 3.22. The van der Waals surface area contributed by atoms with Gasteiger partial charge in [-0.25, -0.2) is 4.39 Å². The zero-order valence-electron chi connectivity index (χ0n) is 6.59. The molecular formula is C9H10BrFO. The number of hydrogen-bond donors (Lipinski definition) is 0. The molecule has 0 aliphatic heterocycles. The van der Waals surface area contributed by atoms with Crippen LogP contribution in [0, 0.1) is 5.82 Å². The van der Waals surface area contributed by atoms with Crippen LogP contribution < -0.4 is 0 Å². The Morgan fingerprint density at radius 2 is 2.08 bits per heavy atom. The van der Waals surface area contributed by atoms with Crippen LogP contribution in [-0.4, -0.2) is 11.9 Å². The van der Waals surface area contributed by atoms with Gasteiger partial charge in [-0.15, -0.1) is 0 Å². The van der Waals surface area contributed by atoms with Gasteiger partial charge < -0.3 is 4.74 Å². The SMILES string of the molecule is Fc1ccccc1COCCBr. The van der Waals surface area contributed by atoms with Crippen LogP contribution in [0.5, 0.6) is 0 Å². The molecule has 0 radical (unpaired) electrons. The third-order valence-corrected chi connectivity index (χ3v) is 1.76. The molecule has 0 unspecified atom stereocenters. The van der Waals surface area contributed by atoms with Gasteiger partial charge in [0.25, 0.3) is 0 Å². The summed E-state index contributed by atoms with van der Waals surface area (Å²) in [7, 11) is 0. The van der Waals surface area contributed by atoms with Gasteiger partial charge in [-0.1, -0.05) is 34.1 Å².